The van der Waals surface area contributed by atoms with Gasteiger partial charge in [0.15, 0.2) is 0 Å². The summed E-state index contributed by atoms with van der Waals surface area (Å²) in [7, 11) is 1.54. The molecule has 3 rings (SSSR count). The molecule has 0 aromatic heterocycles. The highest BCUT2D eigenvalue weighted by molar-refractivity contribution is 5.97. The first kappa shape index (κ1) is 16.8. The standard InChI is InChI=1S/C19H21N3O3/c1-13(23)20-15-7-8-18(25-2)16(11-15)21-19(24)12-22-10-9-14-5-3-4-6-17(14)22/h3-8,11H,9-10,12H2,1-2H3,(H,20,23)(H,21,24). The monoisotopic (exact) mass is 339 g/mol. The van der Waals surface area contributed by atoms with Gasteiger partial charge in [-0.3, -0.25) is 9.59 Å². The van der Waals surface area contributed by atoms with Crippen LogP contribution in [0.25, 0.3) is 0 Å². The second-order valence-corrected chi connectivity index (χ2v) is 5.94. The Bertz CT molecular complexity index is 804. The molecular weight excluding hydrogens is 318 g/mol. The molecule has 1 heterocycles. The molecule has 2 aromatic rings. The van der Waals surface area contributed by atoms with Crippen molar-refractivity contribution in [1.82, 2.24) is 0 Å². The Labute approximate surface area is 146 Å². The zero-order valence-electron chi connectivity index (χ0n) is 14.3. The van der Waals surface area contributed by atoms with E-state index in [2.05, 4.69) is 21.6 Å². The van der Waals surface area contributed by atoms with E-state index in [1.54, 1.807) is 25.3 Å². The van der Waals surface area contributed by atoms with Crippen LogP contribution in [0.5, 0.6) is 5.75 Å². The average Bonchev–Trinajstić information content (AvgIpc) is 2.98. The maximum absolute atomic E-state index is 12.5. The van der Waals surface area contributed by atoms with Crippen molar-refractivity contribution in [1.29, 1.82) is 0 Å². The van der Waals surface area contributed by atoms with Crippen LogP contribution in [0, 0.1) is 0 Å². The Morgan fingerprint density at radius 2 is 1.96 bits per heavy atom. The number of benzene rings is 2. The lowest BCUT2D eigenvalue weighted by molar-refractivity contribution is -0.115. The van der Waals surface area contributed by atoms with Crippen molar-refractivity contribution in [2.45, 2.75) is 13.3 Å². The first-order valence-electron chi connectivity index (χ1n) is 8.15. The maximum Gasteiger partial charge on any atom is 0.243 e. The topological polar surface area (TPSA) is 70.7 Å². The van der Waals surface area contributed by atoms with Crippen LogP contribution in [-0.2, 0) is 16.0 Å². The van der Waals surface area contributed by atoms with Gasteiger partial charge < -0.3 is 20.3 Å². The van der Waals surface area contributed by atoms with Gasteiger partial charge in [0.1, 0.15) is 5.75 Å². The normalized spacial score (nSPS) is 12.5. The van der Waals surface area contributed by atoms with Crippen LogP contribution in [-0.4, -0.2) is 32.0 Å². The molecule has 0 saturated carbocycles. The Kier molecular flexibility index (Phi) is 4.88. The third-order valence-corrected chi connectivity index (χ3v) is 4.11. The first-order valence-corrected chi connectivity index (χ1v) is 8.15. The molecule has 0 aliphatic carbocycles. The lowest BCUT2D eigenvalue weighted by atomic mass is 10.2. The van der Waals surface area contributed by atoms with Crippen LogP contribution in [0.1, 0.15) is 12.5 Å². The number of para-hydroxylation sites is 1. The van der Waals surface area contributed by atoms with E-state index in [0.717, 1.165) is 18.7 Å². The van der Waals surface area contributed by atoms with E-state index in [0.29, 0.717) is 17.1 Å². The van der Waals surface area contributed by atoms with Gasteiger partial charge in [-0.1, -0.05) is 18.2 Å². The van der Waals surface area contributed by atoms with Gasteiger partial charge in [-0.2, -0.15) is 0 Å². The van der Waals surface area contributed by atoms with Gasteiger partial charge in [0, 0.05) is 24.8 Å². The quantitative estimate of drug-likeness (QED) is 0.879. The molecule has 0 radical (unpaired) electrons. The summed E-state index contributed by atoms with van der Waals surface area (Å²) in [4.78, 5) is 25.8. The van der Waals surface area contributed by atoms with Crippen molar-refractivity contribution in [2.24, 2.45) is 0 Å². The Hall–Kier alpha value is -3.02. The molecule has 0 bridgehead atoms. The maximum atomic E-state index is 12.5. The van der Waals surface area contributed by atoms with Gasteiger partial charge in [-0.15, -0.1) is 0 Å². The lowest BCUT2D eigenvalue weighted by Gasteiger charge is -2.19. The molecule has 0 saturated heterocycles. The van der Waals surface area contributed by atoms with Crippen LogP contribution in [0.15, 0.2) is 42.5 Å². The predicted molar refractivity (Wildman–Crippen MR) is 98.3 cm³/mol. The minimum Gasteiger partial charge on any atom is -0.495 e. The van der Waals surface area contributed by atoms with Gasteiger partial charge in [-0.25, -0.2) is 0 Å². The number of nitrogens with one attached hydrogen (secondary N) is 2. The molecule has 2 aromatic carbocycles. The number of carbonyl (C=O) groups is 2. The number of methoxy groups -OCH3 is 1. The molecule has 1 aliphatic rings. The van der Waals surface area contributed by atoms with E-state index in [1.165, 1.54) is 12.5 Å². The van der Waals surface area contributed by atoms with E-state index in [9.17, 15) is 9.59 Å². The van der Waals surface area contributed by atoms with Crippen molar-refractivity contribution in [3.63, 3.8) is 0 Å². The Balaban J connectivity index is 1.71. The largest absolute Gasteiger partial charge is 0.495 e. The van der Waals surface area contributed by atoms with Gasteiger partial charge in [-0.05, 0) is 36.2 Å². The van der Waals surface area contributed by atoms with Crippen molar-refractivity contribution in [3.8, 4) is 5.75 Å². The van der Waals surface area contributed by atoms with Crippen molar-refractivity contribution >= 4 is 28.9 Å². The minimum absolute atomic E-state index is 0.130. The van der Waals surface area contributed by atoms with Crippen LogP contribution >= 0.6 is 0 Å². The zero-order chi connectivity index (χ0) is 17.8. The number of anilines is 3. The number of amides is 2. The van der Waals surface area contributed by atoms with Gasteiger partial charge in [0.05, 0.1) is 19.3 Å². The highest BCUT2D eigenvalue weighted by atomic mass is 16.5. The third kappa shape index (κ3) is 3.91. The number of rotatable bonds is 5. The highest BCUT2D eigenvalue weighted by Crippen LogP contribution is 2.29. The minimum atomic E-state index is -0.170. The van der Waals surface area contributed by atoms with E-state index in [4.69, 9.17) is 4.74 Å². The fourth-order valence-electron chi connectivity index (χ4n) is 3.02. The fourth-order valence-corrected chi connectivity index (χ4v) is 3.02. The van der Waals surface area contributed by atoms with Crippen LogP contribution in [0.2, 0.25) is 0 Å². The number of hydrogen-bond donors (Lipinski definition) is 2. The molecule has 130 valence electrons. The zero-order valence-corrected chi connectivity index (χ0v) is 14.3. The fraction of sp³-hybridized carbons (Fsp3) is 0.263. The summed E-state index contributed by atoms with van der Waals surface area (Å²) in [6.07, 6.45) is 0.949. The predicted octanol–water partition coefficient (Wildman–Crippen LogP) is 2.65. The molecule has 0 spiro atoms. The molecule has 6 heteroatoms. The summed E-state index contributed by atoms with van der Waals surface area (Å²) in [6.45, 7) is 2.54. The Morgan fingerprint density at radius 1 is 1.16 bits per heavy atom. The molecule has 0 fully saturated rings. The van der Waals surface area contributed by atoms with Crippen LogP contribution in [0.4, 0.5) is 17.1 Å². The third-order valence-electron chi connectivity index (χ3n) is 4.11. The molecular formula is C19H21N3O3. The molecule has 2 amide bonds. The molecule has 0 atom stereocenters. The van der Waals surface area contributed by atoms with Gasteiger partial charge >= 0.3 is 0 Å². The number of fused-ring (bicyclic) bond motifs is 1. The van der Waals surface area contributed by atoms with E-state index >= 15 is 0 Å². The molecule has 0 unspecified atom stereocenters. The summed E-state index contributed by atoms with van der Waals surface area (Å²) in [5.74, 6) is 0.246. The first-order chi connectivity index (χ1) is 12.1. The number of hydrogen-bond acceptors (Lipinski definition) is 4. The summed E-state index contributed by atoms with van der Waals surface area (Å²) in [6, 6.07) is 13.3. The van der Waals surface area contributed by atoms with Crippen molar-refractivity contribution in [2.75, 3.05) is 35.7 Å². The second-order valence-electron chi connectivity index (χ2n) is 5.94. The van der Waals surface area contributed by atoms with E-state index in [1.807, 2.05) is 18.2 Å². The average molecular weight is 339 g/mol. The van der Waals surface area contributed by atoms with E-state index in [-0.39, 0.29) is 18.4 Å². The van der Waals surface area contributed by atoms with Crippen molar-refractivity contribution in [3.05, 3.63) is 48.0 Å². The Morgan fingerprint density at radius 3 is 2.72 bits per heavy atom. The lowest BCUT2D eigenvalue weighted by Crippen LogP contribution is -2.32. The van der Waals surface area contributed by atoms with E-state index < -0.39 is 0 Å². The smallest absolute Gasteiger partial charge is 0.243 e. The summed E-state index contributed by atoms with van der Waals surface area (Å²) in [5.41, 5.74) is 3.51. The summed E-state index contributed by atoms with van der Waals surface area (Å²) < 4.78 is 5.29. The number of ether oxygens (including phenoxy) is 1. The molecule has 1 aliphatic heterocycles. The summed E-state index contributed by atoms with van der Waals surface area (Å²) in [5, 5.41) is 5.58. The highest BCUT2D eigenvalue weighted by Gasteiger charge is 2.21. The number of carbonyl (C=O) groups excluding carboxylic acids is 2. The molecule has 2 N–H and O–H groups in total. The molecule has 6 nitrogen and oxygen atoms in total. The summed E-state index contributed by atoms with van der Waals surface area (Å²) >= 11 is 0. The second kappa shape index (κ2) is 7.25. The van der Waals surface area contributed by atoms with Crippen LogP contribution in [0.3, 0.4) is 0 Å². The van der Waals surface area contributed by atoms with Crippen molar-refractivity contribution < 1.29 is 14.3 Å². The van der Waals surface area contributed by atoms with Gasteiger partial charge in [0.2, 0.25) is 11.8 Å². The SMILES string of the molecule is COc1ccc(NC(C)=O)cc1NC(=O)CN1CCc2ccccc21. The van der Waals surface area contributed by atoms with Gasteiger partial charge in [0.25, 0.3) is 0 Å². The number of nitrogens with zero attached hydrogens (tertiary/aromatic N) is 1. The van der Waals surface area contributed by atoms with Crippen LogP contribution < -0.4 is 20.3 Å². The molecule has 25 heavy (non-hydrogen) atoms.